The molecule has 0 saturated carbocycles. The molecule has 5 heteroatoms. The van der Waals surface area contributed by atoms with Crippen LogP contribution in [0, 0.1) is 6.92 Å². The lowest BCUT2D eigenvalue weighted by molar-refractivity contribution is -0.136. The molecule has 1 aromatic carbocycles. The largest absolute Gasteiger partial charge is 0.367 e. The van der Waals surface area contributed by atoms with E-state index in [-0.39, 0.29) is 11.9 Å². The number of anilines is 1. The maximum atomic E-state index is 13.1. The Labute approximate surface area is 149 Å². The number of benzene rings is 1. The van der Waals surface area contributed by atoms with E-state index in [1.54, 1.807) is 6.20 Å². The fourth-order valence-corrected chi connectivity index (χ4v) is 3.31. The van der Waals surface area contributed by atoms with Gasteiger partial charge in [-0.3, -0.25) is 14.7 Å². The van der Waals surface area contributed by atoms with E-state index in [2.05, 4.69) is 47.1 Å². The monoisotopic (exact) mass is 338 g/mol. The minimum absolute atomic E-state index is 0.180. The van der Waals surface area contributed by atoms with E-state index in [0.29, 0.717) is 0 Å². The topological polar surface area (TPSA) is 39.7 Å². The van der Waals surface area contributed by atoms with E-state index >= 15 is 0 Å². The molecule has 1 fully saturated rings. The van der Waals surface area contributed by atoms with Crippen LogP contribution in [0.3, 0.4) is 0 Å². The van der Waals surface area contributed by atoms with Crippen LogP contribution in [-0.2, 0) is 4.79 Å². The Balaban J connectivity index is 1.68. The molecule has 0 spiro atoms. The van der Waals surface area contributed by atoms with Crippen molar-refractivity contribution in [2.24, 2.45) is 0 Å². The molecule has 5 nitrogen and oxygen atoms in total. The number of piperazine rings is 1. The summed E-state index contributed by atoms with van der Waals surface area (Å²) >= 11 is 0. The number of aromatic nitrogens is 1. The van der Waals surface area contributed by atoms with Crippen LogP contribution in [0.25, 0.3) is 0 Å². The fourth-order valence-electron chi connectivity index (χ4n) is 3.31. The number of nitrogens with zero attached hydrogens (tertiary/aromatic N) is 4. The van der Waals surface area contributed by atoms with Gasteiger partial charge in [0, 0.05) is 32.4 Å². The summed E-state index contributed by atoms with van der Waals surface area (Å²) in [5.74, 6) is 0.180. The summed E-state index contributed by atoms with van der Waals surface area (Å²) in [6.07, 6.45) is 3.67. The highest BCUT2D eigenvalue weighted by atomic mass is 16.2. The van der Waals surface area contributed by atoms with Gasteiger partial charge in [-0.05, 0) is 38.7 Å². The smallest absolute Gasteiger partial charge is 0.244 e. The maximum Gasteiger partial charge on any atom is 0.244 e. The first-order valence-corrected chi connectivity index (χ1v) is 8.73. The molecule has 2 aromatic rings. The average Bonchev–Trinajstić information content (AvgIpc) is 2.64. The summed E-state index contributed by atoms with van der Waals surface area (Å²) in [5.41, 5.74) is 3.38. The molecule has 1 amide bonds. The number of carbonyl (C=O) groups excluding carboxylic acids is 1. The van der Waals surface area contributed by atoms with Gasteiger partial charge in [-0.15, -0.1) is 0 Å². The Morgan fingerprint density at radius 2 is 1.76 bits per heavy atom. The zero-order chi connectivity index (χ0) is 17.8. The molecule has 0 unspecified atom stereocenters. The van der Waals surface area contributed by atoms with Crippen LogP contribution in [0.15, 0.2) is 48.8 Å². The van der Waals surface area contributed by atoms with Gasteiger partial charge in [0.2, 0.25) is 5.91 Å². The Hall–Kier alpha value is -2.40. The second-order valence-electron chi connectivity index (χ2n) is 6.80. The van der Waals surface area contributed by atoms with Crippen molar-refractivity contribution in [3.63, 3.8) is 0 Å². The van der Waals surface area contributed by atoms with Crippen molar-refractivity contribution in [3.8, 4) is 0 Å². The average molecular weight is 338 g/mol. The highest BCUT2D eigenvalue weighted by Gasteiger charge is 2.30. The molecule has 0 N–H and O–H groups in total. The van der Waals surface area contributed by atoms with Crippen LogP contribution < -0.4 is 4.90 Å². The van der Waals surface area contributed by atoms with Crippen LogP contribution >= 0.6 is 0 Å². The van der Waals surface area contributed by atoms with Crippen LogP contribution in [0.2, 0.25) is 0 Å². The molecule has 1 atom stereocenters. The van der Waals surface area contributed by atoms with Crippen molar-refractivity contribution in [3.05, 3.63) is 59.9 Å². The molecule has 132 valence electrons. The summed E-state index contributed by atoms with van der Waals surface area (Å²) < 4.78 is 0. The van der Waals surface area contributed by atoms with Crippen LogP contribution in [0.4, 0.5) is 5.69 Å². The number of hydrogen-bond donors (Lipinski definition) is 0. The van der Waals surface area contributed by atoms with Crippen molar-refractivity contribution >= 4 is 11.6 Å². The number of pyridine rings is 1. The third-order valence-corrected chi connectivity index (χ3v) is 4.75. The minimum atomic E-state index is -0.231. The maximum absolute atomic E-state index is 13.1. The van der Waals surface area contributed by atoms with Gasteiger partial charge in [0.1, 0.15) is 6.04 Å². The van der Waals surface area contributed by atoms with Gasteiger partial charge in [0.05, 0.1) is 11.9 Å². The summed E-state index contributed by atoms with van der Waals surface area (Å²) in [7, 11) is 3.93. The predicted molar refractivity (Wildman–Crippen MR) is 101 cm³/mol. The van der Waals surface area contributed by atoms with Gasteiger partial charge >= 0.3 is 0 Å². The molecule has 2 heterocycles. The molecule has 1 aromatic heterocycles. The molecular weight excluding hydrogens is 312 g/mol. The van der Waals surface area contributed by atoms with Crippen LogP contribution in [0.1, 0.15) is 17.2 Å². The van der Waals surface area contributed by atoms with Crippen molar-refractivity contribution in [1.82, 2.24) is 14.8 Å². The summed E-state index contributed by atoms with van der Waals surface area (Å²) in [4.78, 5) is 23.6. The fraction of sp³-hybridized carbons (Fsp3) is 0.400. The predicted octanol–water partition coefficient (Wildman–Crippen LogP) is 2.34. The molecule has 1 saturated heterocycles. The van der Waals surface area contributed by atoms with E-state index in [1.807, 2.05) is 36.2 Å². The van der Waals surface area contributed by atoms with E-state index in [9.17, 15) is 4.79 Å². The molecule has 3 rings (SSSR count). The van der Waals surface area contributed by atoms with Crippen molar-refractivity contribution in [1.29, 1.82) is 0 Å². The standard InChI is InChI=1S/C20H26N4O/c1-16-6-8-17(9-7-16)19(22(2)3)20(25)24-13-11-23(12-14-24)18-5-4-10-21-15-18/h4-10,15,19H,11-14H2,1-3H3/t19-/m0/s1. The Bertz CT molecular complexity index is 691. The number of carbonyl (C=O) groups is 1. The lowest BCUT2D eigenvalue weighted by atomic mass is 10.0. The highest BCUT2D eigenvalue weighted by Crippen LogP contribution is 2.23. The third-order valence-electron chi connectivity index (χ3n) is 4.75. The first-order valence-electron chi connectivity index (χ1n) is 8.73. The lowest BCUT2D eigenvalue weighted by Gasteiger charge is -2.38. The quantitative estimate of drug-likeness (QED) is 0.858. The SMILES string of the molecule is Cc1ccc([C@@H](C(=O)N2CCN(c3cccnc3)CC2)N(C)C)cc1. The van der Waals surface area contributed by atoms with Gasteiger partial charge in [-0.1, -0.05) is 29.8 Å². The number of hydrogen-bond acceptors (Lipinski definition) is 4. The number of rotatable bonds is 4. The highest BCUT2D eigenvalue weighted by molar-refractivity contribution is 5.83. The van der Waals surface area contributed by atoms with Gasteiger partial charge < -0.3 is 9.80 Å². The zero-order valence-corrected chi connectivity index (χ0v) is 15.2. The van der Waals surface area contributed by atoms with Crippen LogP contribution in [-0.4, -0.2) is 61.0 Å². The van der Waals surface area contributed by atoms with Crippen molar-refractivity contribution in [2.75, 3.05) is 45.2 Å². The number of amides is 1. The first-order chi connectivity index (χ1) is 12.1. The minimum Gasteiger partial charge on any atom is -0.367 e. The second kappa shape index (κ2) is 7.66. The molecular formula is C20H26N4O. The summed E-state index contributed by atoms with van der Waals surface area (Å²) in [6, 6.07) is 12.0. The third kappa shape index (κ3) is 3.99. The lowest BCUT2D eigenvalue weighted by Crippen LogP contribution is -2.51. The number of likely N-dealkylation sites (N-methyl/N-ethyl adjacent to an activating group) is 1. The van der Waals surface area contributed by atoms with Gasteiger partial charge in [-0.25, -0.2) is 0 Å². The summed E-state index contributed by atoms with van der Waals surface area (Å²) in [6.45, 7) is 5.22. The normalized spacial score (nSPS) is 16.2. The van der Waals surface area contributed by atoms with Crippen molar-refractivity contribution < 1.29 is 4.79 Å². The van der Waals surface area contributed by atoms with Gasteiger partial charge in [-0.2, -0.15) is 0 Å². The van der Waals surface area contributed by atoms with Gasteiger partial charge in [0.25, 0.3) is 0 Å². The second-order valence-corrected chi connectivity index (χ2v) is 6.80. The van der Waals surface area contributed by atoms with Crippen LogP contribution in [0.5, 0.6) is 0 Å². The number of aryl methyl sites for hydroxylation is 1. The molecule has 0 radical (unpaired) electrons. The molecule has 1 aliphatic heterocycles. The van der Waals surface area contributed by atoms with Gasteiger partial charge in [0.15, 0.2) is 0 Å². The molecule has 25 heavy (non-hydrogen) atoms. The molecule has 0 aliphatic carbocycles. The zero-order valence-electron chi connectivity index (χ0n) is 15.2. The van der Waals surface area contributed by atoms with Crippen molar-refractivity contribution in [2.45, 2.75) is 13.0 Å². The van der Waals surface area contributed by atoms with E-state index < -0.39 is 0 Å². The Morgan fingerprint density at radius 3 is 2.32 bits per heavy atom. The van der Waals surface area contributed by atoms with E-state index in [1.165, 1.54) is 5.56 Å². The summed E-state index contributed by atoms with van der Waals surface area (Å²) in [5, 5.41) is 0. The Morgan fingerprint density at radius 1 is 1.08 bits per heavy atom. The Kier molecular flexibility index (Phi) is 5.34. The molecule has 1 aliphatic rings. The first kappa shape index (κ1) is 17.4. The van der Waals surface area contributed by atoms with E-state index in [4.69, 9.17) is 0 Å². The molecule has 0 bridgehead atoms. The van der Waals surface area contributed by atoms with E-state index in [0.717, 1.165) is 37.4 Å².